The molecular weight excluding hydrogens is 228 g/mol. The fraction of sp³-hybridized carbons (Fsp3) is 1.00. The molecule has 0 spiro atoms. The van der Waals surface area contributed by atoms with Crippen molar-refractivity contribution in [2.24, 2.45) is 0 Å². The molecule has 0 saturated heterocycles. The molecule has 1 fully saturated rings. The summed E-state index contributed by atoms with van der Waals surface area (Å²) in [5.41, 5.74) is 0. The molecule has 1 aliphatic rings. The van der Waals surface area contributed by atoms with Gasteiger partial charge in [0.25, 0.3) is 0 Å². The number of thioether (sulfide) groups is 1. The van der Waals surface area contributed by atoms with Gasteiger partial charge in [0.1, 0.15) is 0 Å². The number of rotatable bonds is 7. The van der Waals surface area contributed by atoms with Gasteiger partial charge in [-0.15, -0.1) is 0 Å². The van der Waals surface area contributed by atoms with Crippen molar-refractivity contribution >= 4 is 11.8 Å². The molecule has 2 unspecified atom stereocenters. The van der Waals surface area contributed by atoms with Crippen LogP contribution in [-0.2, 0) is 0 Å². The zero-order valence-corrected chi connectivity index (χ0v) is 12.7. The van der Waals surface area contributed by atoms with Crippen LogP contribution in [0, 0.1) is 0 Å². The van der Waals surface area contributed by atoms with Gasteiger partial charge in [-0.3, -0.25) is 0 Å². The van der Waals surface area contributed by atoms with Crippen molar-refractivity contribution in [3.8, 4) is 0 Å². The SMILES string of the molecule is CCN(CC)CCSC1CCCCCC1NC. The van der Waals surface area contributed by atoms with E-state index < -0.39 is 0 Å². The average Bonchev–Trinajstić information content (AvgIpc) is 2.59. The first-order chi connectivity index (χ1) is 8.31. The average molecular weight is 258 g/mol. The number of hydrogen-bond acceptors (Lipinski definition) is 3. The quantitative estimate of drug-likeness (QED) is 0.707. The lowest BCUT2D eigenvalue weighted by atomic mass is 10.1. The molecule has 0 radical (unpaired) electrons. The lowest BCUT2D eigenvalue weighted by molar-refractivity contribution is 0.323. The molecule has 0 aliphatic heterocycles. The summed E-state index contributed by atoms with van der Waals surface area (Å²) in [5, 5.41) is 4.37. The predicted octanol–water partition coefficient (Wildman–Crippen LogP) is 2.98. The monoisotopic (exact) mass is 258 g/mol. The van der Waals surface area contributed by atoms with Crippen LogP contribution in [0.5, 0.6) is 0 Å². The van der Waals surface area contributed by atoms with E-state index in [4.69, 9.17) is 0 Å². The first-order valence-electron chi connectivity index (χ1n) is 7.33. The Bertz CT molecular complexity index is 183. The number of hydrogen-bond donors (Lipinski definition) is 1. The second-order valence-corrected chi connectivity index (χ2v) is 6.32. The van der Waals surface area contributed by atoms with Gasteiger partial charge in [0.2, 0.25) is 0 Å². The van der Waals surface area contributed by atoms with E-state index in [0.717, 1.165) is 11.3 Å². The van der Waals surface area contributed by atoms with Crippen molar-refractivity contribution in [3.05, 3.63) is 0 Å². The summed E-state index contributed by atoms with van der Waals surface area (Å²) in [6, 6.07) is 0.749. The molecule has 3 heteroatoms. The van der Waals surface area contributed by atoms with Crippen LogP contribution in [0.3, 0.4) is 0 Å². The van der Waals surface area contributed by atoms with Crippen molar-refractivity contribution in [3.63, 3.8) is 0 Å². The summed E-state index contributed by atoms with van der Waals surface area (Å²) < 4.78 is 0. The highest BCUT2D eigenvalue weighted by Crippen LogP contribution is 2.27. The molecule has 0 bridgehead atoms. The highest BCUT2D eigenvalue weighted by molar-refractivity contribution is 8.00. The first kappa shape index (κ1) is 15.3. The summed E-state index contributed by atoms with van der Waals surface area (Å²) in [6.07, 6.45) is 7.07. The van der Waals surface area contributed by atoms with E-state index in [1.165, 1.54) is 57.5 Å². The van der Waals surface area contributed by atoms with Gasteiger partial charge in [0, 0.05) is 23.6 Å². The number of nitrogens with zero attached hydrogens (tertiary/aromatic N) is 1. The molecule has 0 aromatic carbocycles. The van der Waals surface area contributed by atoms with Gasteiger partial charge in [0.15, 0.2) is 0 Å². The molecule has 2 atom stereocenters. The fourth-order valence-corrected chi connectivity index (χ4v) is 4.18. The zero-order valence-electron chi connectivity index (χ0n) is 11.9. The van der Waals surface area contributed by atoms with Gasteiger partial charge >= 0.3 is 0 Å². The van der Waals surface area contributed by atoms with Crippen LogP contribution in [0.4, 0.5) is 0 Å². The van der Waals surface area contributed by atoms with Gasteiger partial charge in [-0.1, -0.05) is 33.1 Å². The van der Waals surface area contributed by atoms with Crippen molar-refractivity contribution in [1.82, 2.24) is 10.2 Å². The molecule has 0 heterocycles. The minimum Gasteiger partial charge on any atom is -0.316 e. The van der Waals surface area contributed by atoms with Crippen molar-refractivity contribution in [1.29, 1.82) is 0 Å². The largest absolute Gasteiger partial charge is 0.316 e. The van der Waals surface area contributed by atoms with Crippen LogP contribution in [0.1, 0.15) is 46.0 Å². The van der Waals surface area contributed by atoms with Gasteiger partial charge in [-0.2, -0.15) is 11.8 Å². The van der Waals surface area contributed by atoms with E-state index in [0.29, 0.717) is 0 Å². The third-order valence-corrected chi connectivity index (χ3v) is 5.37. The third-order valence-electron chi connectivity index (χ3n) is 3.96. The third kappa shape index (κ3) is 5.62. The van der Waals surface area contributed by atoms with E-state index >= 15 is 0 Å². The van der Waals surface area contributed by atoms with E-state index in [9.17, 15) is 0 Å². The Hall–Kier alpha value is 0.270. The van der Waals surface area contributed by atoms with Crippen LogP contribution in [0.25, 0.3) is 0 Å². The van der Waals surface area contributed by atoms with E-state index in [-0.39, 0.29) is 0 Å². The van der Waals surface area contributed by atoms with Crippen LogP contribution < -0.4 is 5.32 Å². The molecule has 1 rings (SSSR count). The molecule has 102 valence electrons. The van der Waals surface area contributed by atoms with E-state index in [1.807, 2.05) is 0 Å². The molecule has 0 aromatic rings. The van der Waals surface area contributed by atoms with E-state index in [2.05, 4.69) is 42.9 Å². The topological polar surface area (TPSA) is 15.3 Å². The number of nitrogens with one attached hydrogen (secondary N) is 1. The Labute approximate surface area is 112 Å². The lowest BCUT2D eigenvalue weighted by Gasteiger charge is -2.25. The van der Waals surface area contributed by atoms with Crippen molar-refractivity contribution in [2.75, 3.05) is 32.4 Å². The minimum absolute atomic E-state index is 0.749. The summed E-state index contributed by atoms with van der Waals surface area (Å²) in [5.74, 6) is 1.30. The smallest absolute Gasteiger partial charge is 0.0201 e. The van der Waals surface area contributed by atoms with E-state index in [1.54, 1.807) is 0 Å². The Balaban J connectivity index is 2.27. The summed E-state index contributed by atoms with van der Waals surface area (Å²) in [7, 11) is 2.13. The Morgan fingerprint density at radius 2 is 1.82 bits per heavy atom. The minimum atomic E-state index is 0.749. The maximum Gasteiger partial charge on any atom is 0.0201 e. The van der Waals surface area contributed by atoms with Crippen LogP contribution in [0.15, 0.2) is 0 Å². The Morgan fingerprint density at radius 3 is 2.47 bits per heavy atom. The molecule has 2 nitrogen and oxygen atoms in total. The molecule has 17 heavy (non-hydrogen) atoms. The zero-order chi connectivity index (χ0) is 12.5. The maximum absolute atomic E-state index is 3.53. The second kappa shape index (κ2) is 9.23. The van der Waals surface area contributed by atoms with Crippen LogP contribution in [0.2, 0.25) is 0 Å². The summed E-state index contributed by atoms with van der Waals surface area (Å²) >= 11 is 2.20. The highest BCUT2D eigenvalue weighted by Gasteiger charge is 2.22. The summed E-state index contributed by atoms with van der Waals surface area (Å²) in [6.45, 7) is 8.16. The summed E-state index contributed by atoms with van der Waals surface area (Å²) in [4.78, 5) is 2.53. The molecule has 1 N–H and O–H groups in total. The Morgan fingerprint density at radius 1 is 1.12 bits per heavy atom. The lowest BCUT2D eigenvalue weighted by Crippen LogP contribution is -2.35. The molecule has 1 aliphatic carbocycles. The predicted molar refractivity (Wildman–Crippen MR) is 80.0 cm³/mol. The molecule has 1 saturated carbocycles. The van der Waals surface area contributed by atoms with Gasteiger partial charge in [-0.25, -0.2) is 0 Å². The van der Waals surface area contributed by atoms with Gasteiger partial charge in [-0.05, 0) is 33.0 Å². The van der Waals surface area contributed by atoms with Gasteiger partial charge < -0.3 is 10.2 Å². The molecular formula is C14H30N2S. The van der Waals surface area contributed by atoms with Crippen molar-refractivity contribution in [2.45, 2.75) is 57.2 Å². The fourth-order valence-electron chi connectivity index (χ4n) is 2.68. The molecule has 0 amide bonds. The standard InChI is InChI=1S/C14H30N2S/c1-4-16(5-2)11-12-17-14-10-8-6-7-9-13(14)15-3/h13-15H,4-12H2,1-3H3. The first-order valence-corrected chi connectivity index (χ1v) is 8.37. The second-order valence-electron chi connectivity index (χ2n) is 4.97. The molecule has 0 aromatic heterocycles. The van der Waals surface area contributed by atoms with Crippen molar-refractivity contribution < 1.29 is 0 Å². The van der Waals surface area contributed by atoms with Crippen LogP contribution in [-0.4, -0.2) is 48.6 Å². The maximum atomic E-state index is 3.53. The highest BCUT2D eigenvalue weighted by atomic mass is 32.2. The normalized spacial score (nSPS) is 26.1. The van der Waals surface area contributed by atoms with Crippen LogP contribution >= 0.6 is 11.8 Å². The van der Waals surface area contributed by atoms with Gasteiger partial charge in [0.05, 0.1) is 0 Å². The Kier molecular flexibility index (Phi) is 8.33.